The minimum absolute atomic E-state index is 0. The maximum absolute atomic E-state index is 10.4. The Bertz CT molecular complexity index is 300. The second kappa shape index (κ2) is 34.4. The first-order valence-electron chi connectivity index (χ1n) is 9.48. The topological polar surface area (TPSA) is 125 Å². The van der Waals surface area contributed by atoms with Crippen LogP contribution >= 0.6 is 25.8 Å². The van der Waals surface area contributed by atoms with Gasteiger partial charge in [0.15, 0.2) is 0 Å². The Balaban J connectivity index is -0.000000150. The minimum Gasteiger partial charge on any atom is -0.633 e. The summed E-state index contributed by atoms with van der Waals surface area (Å²) in [6.45, 7) is 13.4. The van der Waals surface area contributed by atoms with Crippen molar-refractivity contribution in [3.05, 3.63) is 30.3 Å². The minimum atomic E-state index is -2.14. The third-order valence-corrected chi connectivity index (χ3v) is 5.27. The van der Waals surface area contributed by atoms with E-state index in [1.165, 1.54) is 0 Å². The summed E-state index contributed by atoms with van der Waals surface area (Å²) in [5.74, 6) is 0. The van der Waals surface area contributed by atoms with E-state index in [2.05, 4.69) is 27.1 Å². The molecule has 0 aromatic heterocycles. The Hall–Kier alpha value is 0.786. The van der Waals surface area contributed by atoms with Crippen LogP contribution in [0.5, 0.6) is 0 Å². The summed E-state index contributed by atoms with van der Waals surface area (Å²) in [6, 6.07) is 10.0. The molecule has 0 saturated heterocycles. The van der Waals surface area contributed by atoms with Crippen molar-refractivity contribution < 1.29 is 58.6 Å². The summed E-state index contributed by atoms with van der Waals surface area (Å²) < 4.78 is 27.6. The number of hydrogen-bond donors (Lipinski definition) is 0. The number of hydrogen-bond acceptors (Lipinski definition) is 9. The Kier molecular flexibility index (Phi) is 43.7. The van der Waals surface area contributed by atoms with E-state index < -0.39 is 25.8 Å². The fourth-order valence-electron chi connectivity index (χ4n) is 1.15. The van der Waals surface area contributed by atoms with Crippen LogP contribution in [-0.2, 0) is 43.9 Å². The van der Waals surface area contributed by atoms with Gasteiger partial charge < -0.3 is 14.7 Å². The Morgan fingerprint density at radius 1 is 0.533 bits per heavy atom. The molecule has 0 radical (unpaired) electrons. The monoisotopic (exact) mass is 538 g/mol. The molecule has 0 unspecified atom stereocenters. The van der Waals surface area contributed by atoms with Crippen molar-refractivity contribution in [1.29, 1.82) is 0 Å². The molecule has 13 heteroatoms. The second-order valence-corrected chi connectivity index (χ2v) is 7.54. The fourth-order valence-corrected chi connectivity index (χ4v) is 2.82. The standard InChI is InChI=1S/C5H5.3C4H11O3P.Co/c1-2-4-5-3-1;3*1-3-6-8(5)7-4-2;/h1-5H;3*8H,3-4H2,1-2H3;/q-1;;;;+3. The molecule has 0 saturated carbocycles. The van der Waals surface area contributed by atoms with E-state index in [1.54, 1.807) is 41.5 Å². The molecule has 182 valence electrons. The maximum Gasteiger partial charge on any atom is 3.00 e. The van der Waals surface area contributed by atoms with Gasteiger partial charge in [0.05, 0.1) is 39.6 Å². The van der Waals surface area contributed by atoms with Gasteiger partial charge in [0, 0.05) is 0 Å². The first-order valence-corrected chi connectivity index (χ1v) is 13.2. The molecular formula is C17H38CoO9P3+2. The Morgan fingerprint density at radius 2 is 0.733 bits per heavy atom. The molecule has 0 fully saturated rings. The zero-order valence-electron chi connectivity index (χ0n) is 18.6. The van der Waals surface area contributed by atoms with Crippen LogP contribution in [-0.4, -0.2) is 39.6 Å². The van der Waals surface area contributed by atoms with Gasteiger partial charge in [0.2, 0.25) is 25.8 Å². The molecule has 0 aliphatic carbocycles. The van der Waals surface area contributed by atoms with Gasteiger partial charge in [-0.2, -0.15) is 18.2 Å². The summed E-state index contributed by atoms with van der Waals surface area (Å²) in [5.41, 5.74) is 0. The summed E-state index contributed by atoms with van der Waals surface area (Å²) in [4.78, 5) is 31.2. The second-order valence-electron chi connectivity index (χ2n) is 4.31. The fraction of sp³-hybridized carbons (Fsp3) is 0.706. The van der Waals surface area contributed by atoms with Gasteiger partial charge >= 0.3 is 16.8 Å². The third kappa shape index (κ3) is 39.3. The molecule has 0 aliphatic heterocycles. The van der Waals surface area contributed by atoms with Crippen molar-refractivity contribution in [2.24, 2.45) is 0 Å². The maximum atomic E-state index is 10.4. The first kappa shape index (κ1) is 38.1. The summed E-state index contributed by atoms with van der Waals surface area (Å²) >= 11 is 0. The molecule has 0 atom stereocenters. The largest absolute Gasteiger partial charge is 3.00 e. The van der Waals surface area contributed by atoms with Crippen molar-refractivity contribution >= 4 is 25.8 Å². The van der Waals surface area contributed by atoms with Gasteiger partial charge in [0.25, 0.3) is 0 Å². The molecule has 1 aromatic rings. The smallest absolute Gasteiger partial charge is 0.633 e. The average Bonchev–Trinajstić information content (AvgIpc) is 3.24. The number of rotatable bonds is 12. The van der Waals surface area contributed by atoms with Crippen molar-refractivity contribution in [3.63, 3.8) is 0 Å². The Morgan fingerprint density at radius 3 is 0.833 bits per heavy atom. The summed E-state index contributed by atoms with van der Waals surface area (Å²) in [6.07, 6.45) is 0. The molecule has 30 heavy (non-hydrogen) atoms. The van der Waals surface area contributed by atoms with E-state index in [1.807, 2.05) is 30.3 Å². The van der Waals surface area contributed by atoms with Crippen LogP contribution in [0.1, 0.15) is 41.5 Å². The molecule has 0 N–H and O–H groups in total. The molecular weight excluding hydrogens is 500 g/mol. The van der Waals surface area contributed by atoms with Gasteiger partial charge in [-0.15, -0.1) is 0 Å². The molecule has 9 nitrogen and oxygen atoms in total. The van der Waals surface area contributed by atoms with Crippen molar-refractivity contribution in [3.8, 4) is 0 Å². The molecule has 0 aliphatic rings. The molecule has 0 heterocycles. The molecule has 0 bridgehead atoms. The molecule has 1 rings (SSSR count). The van der Waals surface area contributed by atoms with Crippen LogP contribution in [0.2, 0.25) is 0 Å². The third-order valence-electron chi connectivity index (χ3n) is 2.13. The van der Waals surface area contributed by atoms with E-state index in [9.17, 15) is 14.7 Å². The molecule has 0 amide bonds. The van der Waals surface area contributed by atoms with Gasteiger partial charge in [-0.25, -0.2) is 39.3 Å². The molecule has 1 aromatic carbocycles. The van der Waals surface area contributed by atoms with Crippen LogP contribution in [0.3, 0.4) is 0 Å². The van der Waals surface area contributed by atoms with E-state index >= 15 is 0 Å². The van der Waals surface area contributed by atoms with Gasteiger partial charge in [-0.1, -0.05) is 0 Å². The summed E-state index contributed by atoms with van der Waals surface area (Å²) in [7, 11) is -6.42. The quantitative estimate of drug-likeness (QED) is 0.292. The SMILES string of the molecule is CCO[PH+]([O-])OCC.CCO[PH+]([O-])OCC.CCO[PH+]([O-])OCC.[Co+3].c1cc[cH-]c1. The van der Waals surface area contributed by atoms with E-state index in [0.717, 1.165) is 0 Å². The van der Waals surface area contributed by atoms with Crippen LogP contribution < -0.4 is 14.7 Å². The molecule has 0 spiro atoms. The van der Waals surface area contributed by atoms with Crippen LogP contribution in [0, 0.1) is 0 Å². The predicted octanol–water partition coefficient (Wildman–Crippen LogP) is 2.54. The van der Waals surface area contributed by atoms with E-state index in [-0.39, 0.29) is 16.8 Å². The van der Waals surface area contributed by atoms with Crippen molar-refractivity contribution in [2.45, 2.75) is 41.5 Å². The van der Waals surface area contributed by atoms with E-state index in [0.29, 0.717) is 39.6 Å². The van der Waals surface area contributed by atoms with E-state index in [4.69, 9.17) is 0 Å². The van der Waals surface area contributed by atoms with Gasteiger partial charge in [0.1, 0.15) is 0 Å². The Labute approximate surface area is 195 Å². The van der Waals surface area contributed by atoms with Crippen LogP contribution in [0.15, 0.2) is 30.3 Å². The zero-order valence-corrected chi connectivity index (χ0v) is 22.7. The van der Waals surface area contributed by atoms with Gasteiger partial charge in [-0.05, 0) is 41.5 Å². The normalized spacial score (nSPS) is 9.73. The van der Waals surface area contributed by atoms with Crippen molar-refractivity contribution in [1.82, 2.24) is 0 Å². The first-order chi connectivity index (χ1) is 13.9. The average molecular weight is 538 g/mol. The van der Waals surface area contributed by atoms with Crippen LogP contribution in [0.4, 0.5) is 0 Å². The zero-order chi connectivity index (χ0) is 22.8. The van der Waals surface area contributed by atoms with Crippen molar-refractivity contribution in [2.75, 3.05) is 39.6 Å². The predicted molar refractivity (Wildman–Crippen MR) is 117 cm³/mol. The van der Waals surface area contributed by atoms with Gasteiger partial charge in [-0.3, -0.25) is 0 Å². The summed E-state index contributed by atoms with van der Waals surface area (Å²) in [5, 5.41) is 0. The van der Waals surface area contributed by atoms with Crippen LogP contribution in [0.25, 0.3) is 0 Å².